The molecule has 10 nitrogen and oxygen atoms in total. The van der Waals surface area contributed by atoms with Crippen molar-refractivity contribution in [3.05, 3.63) is 77.9 Å². The van der Waals surface area contributed by atoms with E-state index in [0.717, 1.165) is 5.56 Å². The Morgan fingerprint density at radius 3 is 2.20 bits per heavy atom. The Hall–Kier alpha value is -4.64. The van der Waals surface area contributed by atoms with Crippen molar-refractivity contribution in [1.29, 1.82) is 0 Å². The van der Waals surface area contributed by atoms with Crippen molar-refractivity contribution >= 4 is 46.5 Å². The van der Waals surface area contributed by atoms with Crippen LogP contribution in [0.1, 0.15) is 29.3 Å². The van der Waals surface area contributed by atoms with Gasteiger partial charge in [0.1, 0.15) is 11.8 Å². The van der Waals surface area contributed by atoms with E-state index >= 15 is 0 Å². The highest BCUT2D eigenvalue weighted by molar-refractivity contribution is 7.80. The van der Waals surface area contributed by atoms with Gasteiger partial charge in [0.25, 0.3) is 5.91 Å². The van der Waals surface area contributed by atoms with Crippen molar-refractivity contribution in [2.75, 3.05) is 38.2 Å². The van der Waals surface area contributed by atoms with E-state index < -0.39 is 12.0 Å². The number of anilines is 2. The van der Waals surface area contributed by atoms with Gasteiger partial charge in [-0.2, -0.15) is 0 Å². The van der Waals surface area contributed by atoms with Crippen LogP contribution in [-0.4, -0.2) is 61.8 Å². The quantitative estimate of drug-likeness (QED) is 0.262. The molecule has 41 heavy (non-hydrogen) atoms. The average Bonchev–Trinajstić information content (AvgIpc) is 3.21. The van der Waals surface area contributed by atoms with Gasteiger partial charge >= 0.3 is 5.97 Å². The van der Waals surface area contributed by atoms with Crippen molar-refractivity contribution in [2.24, 2.45) is 0 Å². The lowest BCUT2D eigenvalue weighted by atomic mass is 10.1. The number of carbonyl (C=O) groups excluding carboxylic acids is 3. The molecular formula is C30H31N3O7S. The lowest BCUT2D eigenvalue weighted by Crippen LogP contribution is -2.37. The number of hydrogen-bond acceptors (Lipinski definition) is 8. The zero-order chi connectivity index (χ0) is 29.5. The van der Waals surface area contributed by atoms with Crippen LogP contribution in [0.5, 0.6) is 17.2 Å². The van der Waals surface area contributed by atoms with Crippen LogP contribution in [0.3, 0.4) is 0 Å². The summed E-state index contributed by atoms with van der Waals surface area (Å²) in [6, 6.07) is 17.9. The van der Waals surface area contributed by atoms with Crippen molar-refractivity contribution < 1.29 is 33.3 Å². The number of thiocarbonyl (C=S) groups is 1. The molecule has 1 aliphatic heterocycles. The Balaban J connectivity index is 1.61. The molecule has 0 radical (unpaired) electrons. The molecule has 1 aliphatic rings. The minimum atomic E-state index is -0.876. The van der Waals surface area contributed by atoms with Gasteiger partial charge < -0.3 is 29.2 Å². The number of nitrogens with one attached hydrogen (secondary N) is 1. The van der Waals surface area contributed by atoms with E-state index in [1.54, 1.807) is 93.8 Å². The lowest BCUT2D eigenvalue weighted by molar-refractivity contribution is -0.124. The maximum Gasteiger partial charge on any atom is 0.338 e. The SMILES string of the molecule is CCOC(=O)c1ccc(N2C(=O)[C@@H](CC(=O)Nc3ccc(OC)cc3)N(Cc3ccc(OC)c(OC)c3)C2=S)cc1. The Morgan fingerprint density at radius 2 is 1.59 bits per heavy atom. The van der Waals surface area contributed by atoms with Gasteiger partial charge in [0.05, 0.1) is 45.6 Å². The maximum absolute atomic E-state index is 13.8. The zero-order valence-electron chi connectivity index (χ0n) is 23.2. The number of benzene rings is 3. The molecule has 2 amide bonds. The number of hydrogen-bond donors (Lipinski definition) is 1. The molecule has 3 aromatic carbocycles. The van der Waals surface area contributed by atoms with E-state index in [4.69, 9.17) is 31.2 Å². The number of nitrogens with zero attached hydrogens (tertiary/aromatic N) is 2. The Bertz CT molecular complexity index is 1430. The van der Waals surface area contributed by atoms with Crippen molar-refractivity contribution in [2.45, 2.75) is 25.9 Å². The summed E-state index contributed by atoms with van der Waals surface area (Å²) in [6.07, 6.45) is -0.143. The molecule has 1 saturated heterocycles. The molecule has 0 aromatic heterocycles. The topological polar surface area (TPSA) is 107 Å². The summed E-state index contributed by atoms with van der Waals surface area (Å²) in [6.45, 7) is 2.22. The first kappa shape index (κ1) is 29.3. The van der Waals surface area contributed by atoms with Gasteiger partial charge in [-0.25, -0.2) is 4.79 Å². The van der Waals surface area contributed by atoms with E-state index in [2.05, 4.69) is 5.32 Å². The normalized spacial score (nSPS) is 14.6. The molecule has 0 bridgehead atoms. The largest absolute Gasteiger partial charge is 0.497 e. The fourth-order valence-electron chi connectivity index (χ4n) is 4.45. The molecule has 0 aliphatic carbocycles. The summed E-state index contributed by atoms with van der Waals surface area (Å²) in [5, 5.41) is 3.07. The van der Waals surface area contributed by atoms with Crippen molar-refractivity contribution in [3.8, 4) is 17.2 Å². The third-order valence-corrected chi connectivity index (χ3v) is 6.93. The first-order chi connectivity index (χ1) is 19.8. The Morgan fingerprint density at radius 1 is 0.902 bits per heavy atom. The summed E-state index contributed by atoms with van der Waals surface area (Å²) in [4.78, 5) is 42.1. The van der Waals surface area contributed by atoms with Crippen LogP contribution in [0.2, 0.25) is 0 Å². The van der Waals surface area contributed by atoms with E-state index in [1.165, 1.54) is 4.90 Å². The van der Waals surface area contributed by atoms with Crippen molar-refractivity contribution in [3.63, 3.8) is 0 Å². The lowest BCUT2D eigenvalue weighted by Gasteiger charge is -2.24. The number of ether oxygens (including phenoxy) is 4. The molecule has 1 fully saturated rings. The Labute approximate surface area is 243 Å². The number of methoxy groups -OCH3 is 3. The molecule has 0 unspecified atom stereocenters. The maximum atomic E-state index is 13.8. The third kappa shape index (κ3) is 6.58. The molecule has 0 saturated carbocycles. The highest BCUT2D eigenvalue weighted by Gasteiger charge is 2.44. The second kappa shape index (κ2) is 13.1. The number of rotatable bonds is 11. The van der Waals surface area contributed by atoms with Gasteiger partial charge in [-0.15, -0.1) is 0 Å². The summed E-state index contributed by atoms with van der Waals surface area (Å²) in [5.74, 6) is 0.580. The zero-order valence-corrected chi connectivity index (χ0v) is 24.0. The minimum absolute atomic E-state index is 0.143. The molecule has 3 aromatic rings. The average molecular weight is 578 g/mol. The smallest absolute Gasteiger partial charge is 0.338 e. The third-order valence-electron chi connectivity index (χ3n) is 6.51. The van der Waals surface area contributed by atoms with Crippen LogP contribution in [0.15, 0.2) is 66.7 Å². The predicted molar refractivity (Wildman–Crippen MR) is 158 cm³/mol. The second-order valence-corrected chi connectivity index (χ2v) is 9.40. The van der Waals surface area contributed by atoms with Crippen LogP contribution in [-0.2, 0) is 20.9 Å². The number of carbonyl (C=O) groups is 3. The minimum Gasteiger partial charge on any atom is -0.497 e. The van der Waals surface area contributed by atoms with Gasteiger partial charge in [0, 0.05) is 12.2 Å². The summed E-state index contributed by atoms with van der Waals surface area (Å²) < 4.78 is 21.0. The van der Waals surface area contributed by atoms with Crippen LogP contribution >= 0.6 is 12.2 Å². The molecule has 0 spiro atoms. The van der Waals surface area contributed by atoms with Gasteiger partial charge in [0.15, 0.2) is 16.6 Å². The van der Waals surface area contributed by atoms with Gasteiger partial charge in [-0.1, -0.05) is 6.07 Å². The molecule has 1 atom stereocenters. The van der Waals surface area contributed by atoms with E-state index in [9.17, 15) is 14.4 Å². The molecule has 214 valence electrons. The second-order valence-electron chi connectivity index (χ2n) is 9.04. The summed E-state index contributed by atoms with van der Waals surface area (Å²) in [7, 11) is 4.65. The van der Waals surface area contributed by atoms with E-state index in [1.807, 2.05) is 6.07 Å². The first-order valence-electron chi connectivity index (χ1n) is 12.9. The molecular weight excluding hydrogens is 546 g/mol. The monoisotopic (exact) mass is 577 g/mol. The summed E-state index contributed by atoms with van der Waals surface area (Å²) >= 11 is 5.78. The van der Waals surface area contributed by atoms with Crippen LogP contribution < -0.4 is 24.4 Å². The number of amides is 2. The molecule has 1 heterocycles. The fourth-order valence-corrected chi connectivity index (χ4v) is 4.84. The van der Waals surface area contributed by atoms with Crippen molar-refractivity contribution in [1.82, 2.24) is 4.90 Å². The van der Waals surface area contributed by atoms with E-state index in [0.29, 0.717) is 34.2 Å². The van der Waals surface area contributed by atoms with Gasteiger partial charge in [0.2, 0.25) is 5.91 Å². The summed E-state index contributed by atoms with van der Waals surface area (Å²) in [5.41, 5.74) is 2.20. The van der Waals surface area contributed by atoms with Gasteiger partial charge in [-0.3, -0.25) is 14.5 Å². The highest BCUT2D eigenvalue weighted by atomic mass is 32.1. The van der Waals surface area contributed by atoms with Crippen LogP contribution in [0.4, 0.5) is 11.4 Å². The molecule has 4 rings (SSSR count). The predicted octanol–water partition coefficient (Wildman–Crippen LogP) is 4.42. The molecule has 11 heteroatoms. The Kier molecular flexibility index (Phi) is 9.41. The standard InChI is InChI=1S/C30H31N3O7S/c1-5-40-29(36)20-7-11-22(12-8-20)33-28(35)24(17-27(34)31-21-9-13-23(37-2)14-10-21)32(30(33)41)18-19-6-15-25(38-3)26(16-19)39-4/h6-16,24H,5,17-18H2,1-4H3,(H,31,34)/t24-/m1/s1. The van der Waals surface area contributed by atoms with E-state index in [-0.39, 0.29) is 36.5 Å². The van der Waals surface area contributed by atoms with Crippen LogP contribution in [0, 0.1) is 0 Å². The van der Waals surface area contributed by atoms with Crippen LogP contribution in [0.25, 0.3) is 0 Å². The van der Waals surface area contributed by atoms with Gasteiger partial charge in [-0.05, 0) is 85.4 Å². The fraction of sp³-hybridized carbons (Fsp3) is 0.267. The number of esters is 1. The highest BCUT2D eigenvalue weighted by Crippen LogP contribution is 2.32. The molecule has 1 N–H and O–H groups in total. The first-order valence-corrected chi connectivity index (χ1v) is 13.3.